The van der Waals surface area contributed by atoms with Crippen molar-refractivity contribution in [3.05, 3.63) is 65.7 Å². The standard InChI is InChI=1S/C22H25F3N2O4S/c23-22(24,25)17-8-12-19(13-9-17)32(30,31)27-18-10-6-16(7-11-18)21(29)26-20(14-28)15-4-2-1-3-5-15/h1-5,8-9,12-13,16,18,20,27-28H,6-7,10-11,14H2,(H,26,29)/t16?,18?,20-/m0/s1. The first-order valence-electron chi connectivity index (χ1n) is 10.3. The Labute approximate surface area is 184 Å². The molecular weight excluding hydrogens is 445 g/mol. The van der Waals surface area contributed by atoms with Gasteiger partial charge in [-0.3, -0.25) is 4.79 Å². The van der Waals surface area contributed by atoms with Gasteiger partial charge in [0.25, 0.3) is 0 Å². The van der Waals surface area contributed by atoms with Crippen molar-refractivity contribution in [1.29, 1.82) is 0 Å². The molecule has 1 aliphatic carbocycles. The maximum atomic E-state index is 12.7. The highest BCUT2D eigenvalue weighted by Crippen LogP contribution is 2.30. The van der Waals surface area contributed by atoms with Crippen molar-refractivity contribution in [2.24, 2.45) is 5.92 Å². The van der Waals surface area contributed by atoms with Crippen molar-refractivity contribution in [2.45, 2.75) is 48.8 Å². The summed E-state index contributed by atoms with van der Waals surface area (Å²) in [4.78, 5) is 12.4. The minimum atomic E-state index is -4.54. The smallest absolute Gasteiger partial charge is 0.394 e. The maximum absolute atomic E-state index is 12.7. The van der Waals surface area contributed by atoms with E-state index in [0.717, 1.165) is 29.8 Å². The highest BCUT2D eigenvalue weighted by atomic mass is 32.2. The van der Waals surface area contributed by atoms with E-state index < -0.39 is 33.8 Å². The molecule has 0 saturated heterocycles. The molecule has 32 heavy (non-hydrogen) atoms. The maximum Gasteiger partial charge on any atom is 0.416 e. The normalized spacial score (nSPS) is 20.5. The Balaban J connectivity index is 1.54. The van der Waals surface area contributed by atoms with E-state index in [1.165, 1.54) is 0 Å². The van der Waals surface area contributed by atoms with Crippen molar-refractivity contribution >= 4 is 15.9 Å². The molecule has 1 aliphatic rings. The average Bonchev–Trinajstić information content (AvgIpc) is 2.77. The Morgan fingerprint density at radius 3 is 2.12 bits per heavy atom. The number of alkyl halides is 3. The van der Waals surface area contributed by atoms with Crippen LogP contribution in [-0.2, 0) is 21.0 Å². The van der Waals surface area contributed by atoms with E-state index in [9.17, 15) is 31.5 Å². The summed E-state index contributed by atoms with van der Waals surface area (Å²) in [6, 6.07) is 11.5. The second-order valence-electron chi connectivity index (χ2n) is 7.85. The van der Waals surface area contributed by atoms with Gasteiger partial charge in [0, 0.05) is 12.0 Å². The van der Waals surface area contributed by atoms with Crippen LogP contribution in [0.3, 0.4) is 0 Å². The van der Waals surface area contributed by atoms with Gasteiger partial charge in [-0.1, -0.05) is 30.3 Å². The molecule has 0 aliphatic heterocycles. The quantitative estimate of drug-likeness (QED) is 0.578. The van der Waals surface area contributed by atoms with Gasteiger partial charge in [-0.2, -0.15) is 13.2 Å². The molecule has 6 nitrogen and oxygen atoms in total. The second kappa shape index (κ2) is 10.0. The zero-order valence-corrected chi connectivity index (χ0v) is 18.0. The van der Waals surface area contributed by atoms with E-state index >= 15 is 0 Å². The number of halogens is 3. The first-order valence-corrected chi connectivity index (χ1v) is 11.7. The third-order valence-electron chi connectivity index (χ3n) is 5.61. The highest BCUT2D eigenvalue weighted by molar-refractivity contribution is 7.89. The third kappa shape index (κ3) is 6.08. The highest BCUT2D eigenvalue weighted by Gasteiger charge is 2.32. The van der Waals surface area contributed by atoms with Gasteiger partial charge < -0.3 is 10.4 Å². The predicted octanol–water partition coefficient (Wildman–Crippen LogP) is 3.39. The molecule has 2 aromatic carbocycles. The third-order valence-corrected chi connectivity index (χ3v) is 7.15. The fourth-order valence-electron chi connectivity index (χ4n) is 3.79. The molecular formula is C22H25F3N2O4S. The van der Waals surface area contributed by atoms with Gasteiger partial charge in [-0.05, 0) is 55.5 Å². The summed E-state index contributed by atoms with van der Waals surface area (Å²) in [6.07, 6.45) is -2.78. The van der Waals surface area contributed by atoms with Gasteiger partial charge in [0.1, 0.15) is 0 Å². The topological polar surface area (TPSA) is 95.5 Å². The molecule has 0 aromatic heterocycles. The Morgan fingerprint density at radius 1 is 1.00 bits per heavy atom. The first-order chi connectivity index (χ1) is 15.1. The number of rotatable bonds is 7. The summed E-state index contributed by atoms with van der Waals surface area (Å²) in [6.45, 7) is -0.238. The van der Waals surface area contributed by atoms with E-state index in [1.807, 2.05) is 30.3 Å². The Kier molecular flexibility index (Phi) is 7.58. The number of hydrogen-bond acceptors (Lipinski definition) is 4. The molecule has 1 amide bonds. The van der Waals surface area contributed by atoms with Gasteiger partial charge in [0.15, 0.2) is 0 Å². The lowest BCUT2D eigenvalue weighted by Crippen LogP contribution is -2.42. The van der Waals surface area contributed by atoms with Crippen LogP contribution in [0.25, 0.3) is 0 Å². The summed E-state index contributed by atoms with van der Waals surface area (Å²) in [5.41, 5.74) is -0.124. The van der Waals surface area contributed by atoms with Crippen LogP contribution in [0.5, 0.6) is 0 Å². The van der Waals surface area contributed by atoms with Crippen LogP contribution >= 0.6 is 0 Å². The number of aliphatic hydroxyl groups excluding tert-OH is 1. The van der Waals surface area contributed by atoms with Gasteiger partial charge in [-0.25, -0.2) is 13.1 Å². The van der Waals surface area contributed by atoms with Crippen LogP contribution < -0.4 is 10.0 Å². The number of nitrogens with one attached hydrogen (secondary N) is 2. The van der Waals surface area contributed by atoms with Crippen LogP contribution in [0.1, 0.15) is 42.9 Å². The van der Waals surface area contributed by atoms with Crippen molar-refractivity contribution in [3.63, 3.8) is 0 Å². The number of benzene rings is 2. The fourth-order valence-corrected chi connectivity index (χ4v) is 5.10. The van der Waals surface area contributed by atoms with Gasteiger partial charge in [0.05, 0.1) is 23.1 Å². The Hall–Kier alpha value is -2.43. The lowest BCUT2D eigenvalue weighted by Gasteiger charge is -2.29. The van der Waals surface area contributed by atoms with Crippen LogP contribution in [0, 0.1) is 5.92 Å². The molecule has 2 aromatic rings. The van der Waals surface area contributed by atoms with Crippen molar-refractivity contribution in [3.8, 4) is 0 Å². The number of aliphatic hydroxyl groups is 1. The summed E-state index contributed by atoms with van der Waals surface area (Å²) in [7, 11) is -3.97. The molecule has 1 atom stereocenters. The van der Waals surface area contributed by atoms with E-state index in [2.05, 4.69) is 10.0 Å². The summed E-state index contributed by atoms with van der Waals surface area (Å²) in [5.74, 6) is -0.503. The molecule has 0 spiro atoms. The molecule has 3 rings (SSSR count). The molecule has 1 fully saturated rings. The van der Waals surface area contributed by atoms with Crippen LogP contribution in [0.4, 0.5) is 13.2 Å². The fraction of sp³-hybridized carbons (Fsp3) is 0.409. The van der Waals surface area contributed by atoms with E-state index in [-0.39, 0.29) is 23.3 Å². The van der Waals surface area contributed by atoms with E-state index in [0.29, 0.717) is 25.7 Å². The number of hydrogen-bond donors (Lipinski definition) is 3. The van der Waals surface area contributed by atoms with Crippen LogP contribution in [-0.4, -0.2) is 32.1 Å². The van der Waals surface area contributed by atoms with Crippen molar-refractivity contribution in [1.82, 2.24) is 10.0 Å². The molecule has 10 heteroatoms. The van der Waals surface area contributed by atoms with Gasteiger partial charge in [0.2, 0.25) is 15.9 Å². The van der Waals surface area contributed by atoms with Crippen molar-refractivity contribution < 1.29 is 31.5 Å². The summed E-state index contributed by atoms with van der Waals surface area (Å²) >= 11 is 0. The van der Waals surface area contributed by atoms with Crippen LogP contribution in [0.15, 0.2) is 59.5 Å². The lowest BCUT2D eigenvalue weighted by molar-refractivity contribution is -0.137. The average molecular weight is 471 g/mol. The molecule has 1 saturated carbocycles. The zero-order chi connectivity index (χ0) is 23.4. The van der Waals surface area contributed by atoms with Gasteiger partial charge >= 0.3 is 6.18 Å². The minimum Gasteiger partial charge on any atom is -0.394 e. The molecule has 0 unspecified atom stereocenters. The minimum absolute atomic E-state index is 0.197. The summed E-state index contributed by atoms with van der Waals surface area (Å²) in [5, 5.41) is 12.5. The van der Waals surface area contributed by atoms with Crippen LogP contribution in [0.2, 0.25) is 0 Å². The second-order valence-corrected chi connectivity index (χ2v) is 9.56. The first kappa shape index (κ1) is 24.2. The molecule has 174 valence electrons. The van der Waals surface area contributed by atoms with Gasteiger partial charge in [-0.15, -0.1) is 0 Å². The van der Waals surface area contributed by atoms with E-state index in [4.69, 9.17) is 0 Å². The molecule has 0 bridgehead atoms. The SMILES string of the molecule is O=C(N[C@@H](CO)c1ccccc1)C1CCC(NS(=O)(=O)c2ccc(C(F)(F)F)cc2)CC1. The Morgan fingerprint density at radius 2 is 1.59 bits per heavy atom. The lowest BCUT2D eigenvalue weighted by atomic mass is 9.85. The number of amides is 1. The van der Waals surface area contributed by atoms with Crippen molar-refractivity contribution in [2.75, 3.05) is 6.61 Å². The largest absolute Gasteiger partial charge is 0.416 e. The molecule has 0 radical (unpaired) electrons. The number of carbonyl (C=O) groups excluding carboxylic acids is 1. The number of carbonyl (C=O) groups is 1. The summed E-state index contributed by atoms with van der Waals surface area (Å²) < 4.78 is 65.6. The monoisotopic (exact) mass is 470 g/mol. The zero-order valence-electron chi connectivity index (χ0n) is 17.2. The van der Waals surface area contributed by atoms with E-state index in [1.54, 1.807) is 0 Å². The Bertz CT molecular complexity index is 1000. The molecule has 3 N–H and O–H groups in total. The molecule has 0 heterocycles. The number of sulfonamides is 1. The predicted molar refractivity (Wildman–Crippen MR) is 112 cm³/mol.